The summed E-state index contributed by atoms with van der Waals surface area (Å²) in [5.41, 5.74) is 2.84. The van der Waals surface area contributed by atoms with Crippen LogP contribution >= 0.6 is 23.3 Å². The standard InChI is InChI=1S/C19H19N5OS2/c1-19(2,3)23-27-18-20-14(11-26-18)16-21-17(25)15-13(9-10-24(15)22-16)12-7-5-4-6-8-12/h4-11,23H,1-3H3,(H,21,22,25). The molecular formula is C19H19N5OS2. The van der Waals surface area contributed by atoms with E-state index in [1.807, 2.05) is 41.8 Å². The lowest BCUT2D eigenvalue weighted by molar-refractivity contribution is 0.535. The predicted octanol–water partition coefficient (Wildman–Crippen LogP) is 4.21. The number of H-pyrrole nitrogens is 1. The highest BCUT2D eigenvalue weighted by atomic mass is 32.2. The third-order valence-electron chi connectivity index (χ3n) is 3.78. The molecule has 6 nitrogen and oxygen atoms in total. The van der Waals surface area contributed by atoms with Crippen molar-refractivity contribution in [3.63, 3.8) is 0 Å². The molecule has 0 unspecified atom stereocenters. The number of nitrogens with one attached hydrogen (secondary N) is 2. The Balaban J connectivity index is 1.69. The Morgan fingerprint density at radius 3 is 2.70 bits per heavy atom. The Kier molecular flexibility index (Phi) is 4.63. The number of thiazole rings is 1. The van der Waals surface area contributed by atoms with Crippen LogP contribution in [0.1, 0.15) is 20.8 Å². The lowest BCUT2D eigenvalue weighted by Crippen LogP contribution is -2.29. The van der Waals surface area contributed by atoms with E-state index < -0.39 is 0 Å². The Bertz CT molecular complexity index is 1140. The molecule has 0 radical (unpaired) electrons. The lowest BCUT2D eigenvalue weighted by atomic mass is 10.1. The van der Waals surface area contributed by atoms with Gasteiger partial charge in [0, 0.05) is 22.7 Å². The first-order valence-corrected chi connectivity index (χ1v) is 10.2. The summed E-state index contributed by atoms with van der Waals surface area (Å²) in [5.74, 6) is 0.460. The molecule has 1 aromatic carbocycles. The van der Waals surface area contributed by atoms with Crippen molar-refractivity contribution in [1.82, 2.24) is 24.3 Å². The molecule has 27 heavy (non-hydrogen) atoms. The smallest absolute Gasteiger partial charge is 0.276 e. The molecule has 0 saturated carbocycles. The van der Waals surface area contributed by atoms with Gasteiger partial charge in [0.15, 0.2) is 10.2 Å². The molecule has 4 rings (SSSR count). The number of rotatable bonds is 4. The highest BCUT2D eigenvalue weighted by Gasteiger charge is 2.15. The third kappa shape index (κ3) is 3.83. The van der Waals surface area contributed by atoms with Gasteiger partial charge in [0.2, 0.25) is 0 Å². The van der Waals surface area contributed by atoms with E-state index in [2.05, 4.69) is 40.6 Å². The van der Waals surface area contributed by atoms with Crippen LogP contribution in [0.2, 0.25) is 0 Å². The summed E-state index contributed by atoms with van der Waals surface area (Å²) in [7, 11) is 0. The van der Waals surface area contributed by atoms with Crippen LogP contribution < -0.4 is 10.3 Å². The average Bonchev–Trinajstić information content (AvgIpc) is 3.27. The van der Waals surface area contributed by atoms with E-state index >= 15 is 0 Å². The molecule has 0 fully saturated rings. The van der Waals surface area contributed by atoms with E-state index in [1.165, 1.54) is 23.3 Å². The summed E-state index contributed by atoms with van der Waals surface area (Å²) < 4.78 is 5.83. The largest absolute Gasteiger partial charge is 0.302 e. The summed E-state index contributed by atoms with van der Waals surface area (Å²) >= 11 is 3.00. The molecule has 3 heterocycles. The maximum absolute atomic E-state index is 12.7. The monoisotopic (exact) mass is 397 g/mol. The Morgan fingerprint density at radius 2 is 1.96 bits per heavy atom. The van der Waals surface area contributed by atoms with Crippen molar-refractivity contribution in [1.29, 1.82) is 0 Å². The maximum Gasteiger partial charge on any atom is 0.276 e. The molecule has 3 aromatic heterocycles. The summed E-state index contributed by atoms with van der Waals surface area (Å²) in [6.45, 7) is 6.29. The van der Waals surface area contributed by atoms with E-state index in [1.54, 1.807) is 10.7 Å². The van der Waals surface area contributed by atoms with Crippen LogP contribution in [0, 0.1) is 0 Å². The molecule has 0 aliphatic rings. The fourth-order valence-electron chi connectivity index (χ4n) is 2.61. The molecule has 4 aromatic rings. The van der Waals surface area contributed by atoms with Gasteiger partial charge < -0.3 is 4.98 Å². The molecule has 8 heteroatoms. The minimum absolute atomic E-state index is 0.0129. The van der Waals surface area contributed by atoms with Crippen molar-refractivity contribution in [2.75, 3.05) is 0 Å². The second-order valence-corrected chi connectivity index (χ2v) is 9.06. The van der Waals surface area contributed by atoms with Crippen LogP contribution in [-0.4, -0.2) is 25.1 Å². The molecule has 0 atom stereocenters. The summed E-state index contributed by atoms with van der Waals surface area (Å²) in [5, 5.41) is 6.45. The summed E-state index contributed by atoms with van der Waals surface area (Å²) in [6.07, 6.45) is 1.81. The predicted molar refractivity (Wildman–Crippen MR) is 111 cm³/mol. The topological polar surface area (TPSA) is 75.1 Å². The normalized spacial score (nSPS) is 12.0. The van der Waals surface area contributed by atoms with Gasteiger partial charge >= 0.3 is 0 Å². The molecule has 0 aliphatic heterocycles. The Labute approximate surface area is 164 Å². The van der Waals surface area contributed by atoms with Crippen molar-refractivity contribution in [2.45, 2.75) is 30.6 Å². The first kappa shape index (κ1) is 18.0. The van der Waals surface area contributed by atoms with Gasteiger partial charge in [-0.1, -0.05) is 30.3 Å². The number of fused-ring (bicyclic) bond motifs is 1. The number of hydrogen-bond acceptors (Lipinski definition) is 6. The van der Waals surface area contributed by atoms with Gasteiger partial charge in [0.05, 0.1) is 0 Å². The second-order valence-electron chi connectivity index (χ2n) is 7.14. The zero-order valence-corrected chi connectivity index (χ0v) is 16.8. The highest BCUT2D eigenvalue weighted by molar-refractivity contribution is 7.99. The van der Waals surface area contributed by atoms with E-state index in [0.29, 0.717) is 17.0 Å². The fraction of sp³-hybridized carbons (Fsp3) is 0.211. The van der Waals surface area contributed by atoms with Crippen molar-refractivity contribution in [3.05, 3.63) is 58.3 Å². The second kappa shape index (κ2) is 6.95. The van der Waals surface area contributed by atoms with Gasteiger partial charge in [0.25, 0.3) is 5.56 Å². The Morgan fingerprint density at radius 1 is 1.19 bits per heavy atom. The average molecular weight is 398 g/mol. The molecule has 138 valence electrons. The molecular weight excluding hydrogens is 378 g/mol. The van der Waals surface area contributed by atoms with Gasteiger partial charge in [-0.05, 0) is 44.3 Å². The van der Waals surface area contributed by atoms with Gasteiger partial charge in [-0.15, -0.1) is 16.4 Å². The SMILES string of the molecule is CC(C)(C)NSc1nc(-c2nn3ccc(-c4ccccc4)c3c(=O)[nH]2)cs1. The molecule has 0 aliphatic carbocycles. The summed E-state index contributed by atoms with van der Waals surface area (Å²) in [6, 6.07) is 11.7. The fourth-order valence-corrected chi connectivity index (χ4v) is 4.13. The molecule has 0 spiro atoms. The van der Waals surface area contributed by atoms with Crippen molar-refractivity contribution in [3.8, 4) is 22.6 Å². The Hall–Kier alpha value is -2.42. The third-order valence-corrected chi connectivity index (χ3v) is 5.93. The first-order valence-electron chi connectivity index (χ1n) is 8.48. The van der Waals surface area contributed by atoms with Gasteiger partial charge in [0.1, 0.15) is 11.2 Å². The molecule has 0 bridgehead atoms. The van der Waals surface area contributed by atoms with Crippen LogP contribution in [0.3, 0.4) is 0 Å². The van der Waals surface area contributed by atoms with E-state index in [0.717, 1.165) is 15.5 Å². The molecule has 0 saturated heterocycles. The van der Waals surface area contributed by atoms with Crippen LogP contribution in [0.5, 0.6) is 0 Å². The zero-order chi connectivity index (χ0) is 19.0. The van der Waals surface area contributed by atoms with E-state index in [-0.39, 0.29) is 11.1 Å². The highest BCUT2D eigenvalue weighted by Crippen LogP contribution is 2.27. The van der Waals surface area contributed by atoms with E-state index in [9.17, 15) is 4.79 Å². The molecule has 0 amide bonds. The van der Waals surface area contributed by atoms with Crippen molar-refractivity contribution in [2.24, 2.45) is 0 Å². The minimum atomic E-state index is -0.182. The molecule has 2 N–H and O–H groups in total. The van der Waals surface area contributed by atoms with Gasteiger partial charge in [-0.3, -0.25) is 9.52 Å². The number of benzene rings is 1. The zero-order valence-electron chi connectivity index (χ0n) is 15.2. The minimum Gasteiger partial charge on any atom is -0.302 e. The maximum atomic E-state index is 12.7. The van der Waals surface area contributed by atoms with Gasteiger partial charge in [-0.2, -0.15) is 0 Å². The van der Waals surface area contributed by atoms with Crippen LogP contribution in [0.15, 0.2) is 57.1 Å². The lowest BCUT2D eigenvalue weighted by Gasteiger charge is -2.17. The van der Waals surface area contributed by atoms with Crippen LogP contribution in [0.4, 0.5) is 0 Å². The quantitative estimate of drug-likeness (QED) is 0.505. The van der Waals surface area contributed by atoms with Crippen LogP contribution in [0.25, 0.3) is 28.2 Å². The van der Waals surface area contributed by atoms with Crippen LogP contribution in [-0.2, 0) is 0 Å². The number of aromatic amines is 1. The van der Waals surface area contributed by atoms with Crippen molar-refractivity contribution < 1.29 is 0 Å². The number of aromatic nitrogens is 4. The first-order chi connectivity index (χ1) is 12.9. The van der Waals surface area contributed by atoms with E-state index in [4.69, 9.17) is 0 Å². The number of nitrogens with zero attached hydrogens (tertiary/aromatic N) is 3. The number of hydrogen-bond donors (Lipinski definition) is 2. The summed E-state index contributed by atoms with van der Waals surface area (Å²) in [4.78, 5) is 20.2. The van der Waals surface area contributed by atoms with Gasteiger partial charge in [-0.25, -0.2) is 9.50 Å². The van der Waals surface area contributed by atoms with Crippen molar-refractivity contribution >= 4 is 28.8 Å².